The second-order valence-electron chi connectivity index (χ2n) is 4.64. The van der Waals surface area contributed by atoms with Crippen LogP contribution in [0.4, 0.5) is 11.5 Å². The van der Waals surface area contributed by atoms with Crippen molar-refractivity contribution in [1.82, 2.24) is 14.8 Å². The molecule has 1 N–H and O–H groups in total. The lowest BCUT2D eigenvalue weighted by Crippen LogP contribution is -1.96. The summed E-state index contributed by atoms with van der Waals surface area (Å²) in [5.41, 5.74) is 1.89. The van der Waals surface area contributed by atoms with Gasteiger partial charge in [0.25, 0.3) is 0 Å². The van der Waals surface area contributed by atoms with Crippen molar-refractivity contribution in [2.75, 3.05) is 12.4 Å². The number of benzene rings is 1. The van der Waals surface area contributed by atoms with E-state index in [4.69, 9.17) is 4.74 Å². The van der Waals surface area contributed by atoms with Crippen LogP contribution >= 0.6 is 0 Å². The molecule has 5 nitrogen and oxygen atoms in total. The molecule has 0 atom stereocenters. The monoisotopic (exact) mass is 268 g/mol. The zero-order valence-electron chi connectivity index (χ0n) is 11.7. The van der Waals surface area contributed by atoms with Gasteiger partial charge >= 0.3 is 0 Å². The van der Waals surface area contributed by atoms with E-state index in [1.54, 1.807) is 18.0 Å². The van der Waals surface area contributed by atoms with Gasteiger partial charge in [0.1, 0.15) is 11.6 Å². The Bertz CT molecular complexity index is 764. The molecule has 0 radical (unpaired) electrons. The van der Waals surface area contributed by atoms with E-state index in [1.165, 1.54) is 0 Å². The first-order valence-electron chi connectivity index (χ1n) is 6.38. The molecule has 0 amide bonds. The van der Waals surface area contributed by atoms with Crippen molar-refractivity contribution in [3.8, 4) is 5.75 Å². The molecule has 0 unspecified atom stereocenters. The van der Waals surface area contributed by atoms with Crippen molar-refractivity contribution in [3.63, 3.8) is 0 Å². The molecular weight excluding hydrogens is 252 g/mol. The van der Waals surface area contributed by atoms with Crippen LogP contribution in [0.2, 0.25) is 0 Å². The van der Waals surface area contributed by atoms with E-state index in [0.29, 0.717) is 0 Å². The van der Waals surface area contributed by atoms with Crippen molar-refractivity contribution in [1.29, 1.82) is 0 Å². The minimum Gasteiger partial charge on any atom is -0.496 e. The lowest BCUT2D eigenvalue weighted by atomic mass is 10.1. The van der Waals surface area contributed by atoms with E-state index in [0.717, 1.165) is 33.7 Å². The minimum atomic E-state index is 0.803. The highest BCUT2D eigenvalue weighted by atomic mass is 16.5. The number of aromatic nitrogens is 3. The Morgan fingerprint density at radius 1 is 1.20 bits per heavy atom. The molecule has 1 aromatic carbocycles. The lowest BCUT2D eigenvalue weighted by Gasteiger charge is -2.10. The molecule has 102 valence electrons. The Morgan fingerprint density at radius 2 is 2.05 bits per heavy atom. The molecule has 0 bridgehead atoms. The second-order valence-corrected chi connectivity index (χ2v) is 4.64. The lowest BCUT2D eigenvalue weighted by molar-refractivity contribution is 0.420. The van der Waals surface area contributed by atoms with Crippen LogP contribution in [-0.4, -0.2) is 21.9 Å². The molecule has 0 aliphatic carbocycles. The van der Waals surface area contributed by atoms with Crippen molar-refractivity contribution < 1.29 is 4.74 Å². The summed E-state index contributed by atoms with van der Waals surface area (Å²) >= 11 is 0. The van der Waals surface area contributed by atoms with Crippen LogP contribution in [-0.2, 0) is 7.05 Å². The number of methoxy groups -OCH3 is 1. The Morgan fingerprint density at radius 3 is 2.75 bits per heavy atom. The molecular formula is C15H16N4O. The largest absolute Gasteiger partial charge is 0.496 e. The molecule has 0 saturated heterocycles. The van der Waals surface area contributed by atoms with Gasteiger partial charge in [0.05, 0.1) is 18.5 Å². The summed E-state index contributed by atoms with van der Waals surface area (Å²) in [4.78, 5) is 4.42. The first-order chi connectivity index (χ1) is 9.69. The molecule has 0 spiro atoms. The number of anilines is 2. The first kappa shape index (κ1) is 12.5. The van der Waals surface area contributed by atoms with Crippen molar-refractivity contribution in [3.05, 3.63) is 42.4 Å². The van der Waals surface area contributed by atoms with Gasteiger partial charge in [-0.15, -0.1) is 0 Å². The number of rotatable bonds is 3. The smallest absolute Gasteiger partial charge is 0.138 e. The fourth-order valence-electron chi connectivity index (χ4n) is 2.31. The number of nitrogens with one attached hydrogen (secondary N) is 1. The van der Waals surface area contributed by atoms with Gasteiger partial charge in [-0.25, -0.2) is 4.98 Å². The van der Waals surface area contributed by atoms with Gasteiger partial charge < -0.3 is 10.1 Å². The van der Waals surface area contributed by atoms with E-state index in [-0.39, 0.29) is 0 Å². The van der Waals surface area contributed by atoms with E-state index in [9.17, 15) is 0 Å². The van der Waals surface area contributed by atoms with Crippen LogP contribution in [0.1, 0.15) is 5.69 Å². The number of hydrogen-bond acceptors (Lipinski definition) is 4. The van der Waals surface area contributed by atoms with Gasteiger partial charge in [-0.2, -0.15) is 5.10 Å². The summed E-state index contributed by atoms with van der Waals surface area (Å²) in [5, 5.41) is 9.72. The molecule has 5 heteroatoms. The normalized spacial score (nSPS) is 10.8. The average Bonchev–Trinajstić information content (AvgIpc) is 2.76. The van der Waals surface area contributed by atoms with Crippen LogP contribution < -0.4 is 10.1 Å². The highest BCUT2D eigenvalue weighted by molar-refractivity contribution is 5.97. The molecule has 0 fully saturated rings. The van der Waals surface area contributed by atoms with Gasteiger partial charge in [0.2, 0.25) is 0 Å². The molecule has 0 aliphatic rings. The molecule has 0 aliphatic heterocycles. The Labute approximate surface area is 117 Å². The Hall–Kier alpha value is -2.56. The fourth-order valence-corrected chi connectivity index (χ4v) is 2.31. The molecule has 3 rings (SSSR count). The highest BCUT2D eigenvalue weighted by Gasteiger charge is 2.09. The third-order valence-corrected chi connectivity index (χ3v) is 3.25. The number of hydrogen-bond donors (Lipinski definition) is 1. The summed E-state index contributed by atoms with van der Waals surface area (Å²) in [7, 11) is 3.57. The van der Waals surface area contributed by atoms with Crippen molar-refractivity contribution in [2.24, 2.45) is 7.05 Å². The van der Waals surface area contributed by atoms with Gasteiger partial charge in [-0.1, -0.05) is 12.1 Å². The minimum absolute atomic E-state index is 0.803. The number of pyridine rings is 1. The van der Waals surface area contributed by atoms with Crippen LogP contribution in [0, 0.1) is 6.92 Å². The molecule has 20 heavy (non-hydrogen) atoms. The van der Waals surface area contributed by atoms with E-state index in [2.05, 4.69) is 15.4 Å². The van der Waals surface area contributed by atoms with E-state index >= 15 is 0 Å². The van der Waals surface area contributed by atoms with Crippen molar-refractivity contribution in [2.45, 2.75) is 6.92 Å². The van der Waals surface area contributed by atoms with Crippen molar-refractivity contribution >= 4 is 22.3 Å². The topological polar surface area (TPSA) is 52.0 Å². The summed E-state index contributed by atoms with van der Waals surface area (Å²) in [6.07, 6.45) is 3.72. The van der Waals surface area contributed by atoms with Gasteiger partial charge in [-0.05, 0) is 19.1 Å². The maximum Gasteiger partial charge on any atom is 0.138 e. The van der Waals surface area contributed by atoms with Crippen LogP contribution in [0.25, 0.3) is 10.8 Å². The maximum absolute atomic E-state index is 5.39. The van der Waals surface area contributed by atoms with E-state index < -0.39 is 0 Å². The SMILES string of the molecule is COc1cccc2c(Nc3cn(C)nc3C)nccc12. The third-order valence-electron chi connectivity index (χ3n) is 3.25. The van der Waals surface area contributed by atoms with Crippen LogP contribution in [0.5, 0.6) is 5.75 Å². The molecule has 2 aromatic heterocycles. The van der Waals surface area contributed by atoms with Gasteiger partial charge in [-0.3, -0.25) is 4.68 Å². The summed E-state index contributed by atoms with van der Waals surface area (Å²) in [6, 6.07) is 7.89. The average molecular weight is 268 g/mol. The van der Waals surface area contributed by atoms with Gasteiger partial charge in [0.15, 0.2) is 0 Å². The molecule has 0 saturated carbocycles. The molecule has 3 aromatic rings. The Balaban J connectivity index is 2.10. The Kier molecular flexibility index (Phi) is 3.02. The summed E-state index contributed by atoms with van der Waals surface area (Å²) < 4.78 is 7.17. The zero-order chi connectivity index (χ0) is 14.1. The number of nitrogens with zero attached hydrogens (tertiary/aromatic N) is 3. The number of ether oxygens (including phenoxy) is 1. The predicted octanol–water partition coefficient (Wildman–Crippen LogP) is 3.03. The van der Waals surface area contributed by atoms with Crippen LogP contribution in [0.3, 0.4) is 0 Å². The predicted molar refractivity (Wildman–Crippen MR) is 79.5 cm³/mol. The van der Waals surface area contributed by atoms with Gasteiger partial charge in [0, 0.05) is 30.2 Å². The summed E-state index contributed by atoms with van der Waals surface area (Å²) in [6.45, 7) is 1.97. The highest BCUT2D eigenvalue weighted by Crippen LogP contribution is 2.30. The fraction of sp³-hybridized carbons (Fsp3) is 0.200. The summed E-state index contributed by atoms with van der Waals surface area (Å²) in [5.74, 6) is 1.65. The van der Waals surface area contributed by atoms with Crippen LogP contribution in [0.15, 0.2) is 36.7 Å². The number of aryl methyl sites for hydroxylation is 2. The standard InChI is InChI=1S/C15H16N4O/c1-10-13(9-19(2)18-10)17-15-12-5-4-6-14(20-3)11(12)7-8-16-15/h4-9H,1-3H3,(H,16,17). The third kappa shape index (κ3) is 2.07. The second kappa shape index (κ2) is 4.85. The molecule has 2 heterocycles. The maximum atomic E-state index is 5.39. The first-order valence-corrected chi connectivity index (χ1v) is 6.38. The zero-order valence-corrected chi connectivity index (χ0v) is 11.7. The quantitative estimate of drug-likeness (QED) is 0.793. The number of fused-ring (bicyclic) bond motifs is 1. The van der Waals surface area contributed by atoms with E-state index in [1.807, 2.05) is 44.4 Å².